The summed E-state index contributed by atoms with van der Waals surface area (Å²) in [6.07, 6.45) is 0. The molecule has 1 N–H and O–H groups in total. The molecule has 0 bridgehead atoms. The lowest BCUT2D eigenvalue weighted by molar-refractivity contribution is 0.841. The molecule has 38 valence electrons. The topological polar surface area (TPSA) is 15.3 Å². The molecule has 0 rings (SSSR count). The zero-order valence-electron chi connectivity index (χ0n) is 3.95. The predicted molar refractivity (Wildman–Crippen MR) is 35.3 cm³/mol. The SMILES string of the molecule is [BH3-]N(C)[BH2-]NC. The smallest absolute Gasteiger partial charge is 0.0580 e. The van der Waals surface area contributed by atoms with Crippen LogP contribution in [0.5, 0.6) is 0 Å². The van der Waals surface area contributed by atoms with Crippen LogP contribution in [0.1, 0.15) is 0 Å². The Kier molecular flexibility index (Phi) is 3.27. The number of hydrogen-bond donors (Lipinski definition) is 1. The van der Waals surface area contributed by atoms with Gasteiger partial charge in [0.25, 0.3) is 0 Å². The van der Waals surface area contributed by atoms with Crippen molar-refractivity contribution in [1.82, 2.24) is 9.95 Å². The Labute approximate surface area is 40.6 Å². The number of rotatable bonds is 2. The molecule has 0 amide bonds. The molecule has 0 saturated heterocycles. The van der Waals surface area contributed by atoms with Gasteiger partial charge in [-0.25, -0.2) is 0 Å². The Bertz CT molecular complexity index is 30.7. The Morgan fingerprint density at radius 1 is 1.83 bits per heavy atom. The normalized spacial score (nSPS) is 10.0. The number of hydrogen-bond acceptors (Lipinski definition) is 2. The van der Waals surface area contributed by atoms with Crippen LogP contribution < -0.4 is 5.23 Å². The second-order valence-electron chi connectivity index (χ2n) is 1.17. The Hall–Kier alpha value is 0.0499. The molecule has 0 aliphatic heterocycles. The predicted octanol–water partition coefficient (Wildman–Crippen LogP) is -2.58. The molecule has 0 fully saturated rings. The summed E-state index contributed by atoms with van der Waals surface area (Å²) in [5.41, 5.74) is 0. The minimum Gasteiger partial charge on any atom is -0.657 e. The minimum atomic E-state index is 0.153. The van der Waals surface area contributed by atoms with E-state index in [1.54, 1.807) is 0 Å². The molecule has 0 atom stereocenters. The maximum absolute atomic E-state index is 3.18. The summed E-state index contributed by atoms with van der Waals surface area (Å²) in [7, 11) is 4.88. The third-order valence-corrected chi connectivity index (χ3v) is 0.447. The van der Waals surface area contributed by atoms with Crippen LogP contribution in [0, 0.1) is 0 Å². The Morgan fingerprint density at radius 3 is 2.33 bits per heavy atom. The first-order valence-electron chi connectivity index (χ1n) is 1.89. The summed E-state index contributed by atoms with van der Waals surface area (Å²) in [5, 5.41) is 3.18. The molecule has 0 radical (unpaired) electrons. The summed E-state index contributed by atoms with van der Waals surface area (Å²) in [5.74, 6) is 0. The molecular weight excluding hydrogens is 73.7 g/mol. The monoisotopic (exact) mass is 86.1 g/mol. The largest absolute Gasteiger partial charge is 0.657 e. The zero-order chi connectivity index (χ0) is 4.99. The fourth-order valence-corrected chi connectivity index (χ4v) is 0.224. The van der Waals surface area contributed by atoms with Crippen molar-refractivity contribution < 1.29 is 0 Å². The van der Waals surface area contributed by atoms with Crippen LogP contribution in [0.4, 0.5) is 0 Å². The van der Waals surface area contributed by atoms with Crippen molar-refractivity contribution in [3.8, 4) is 0 Å². The summed E-state index contributed by atoms with van der Waals surface area (Å²) >= 11 is 0. The molecule has 0 unspecified atom stereocenters. The van der Waals surface area contributed by atoms with Gasteiger partial charge < -0.3 is 9.95 Å². The van der Waals surface area contributed by atoms with Crippen LogP contribution in [0.3, 0.4) is 0 Å². The zero-order valence-corrected chi connectivity index (χ0v) is 3.95. The fourth-order valence-electron chi connectivity index (χ4n) is 0.224. The fraction of sp³-hybridized carbons (Fsp3) is 1.00. The maximum atomic E-state index is 3.18. The van der Waals surface area contributed by atoms with Gasteiger partial charge in [-0.15, -0.1) is 0 Å². The summed E-state index contributed by atoms with van der Waals surface area (Å²) < 4.78 is 2.44. The molecular formula is C2H12B2N2-2. The molecule has 0 aromatic heterocycles. The highest BCUT2D eigenvalue weighted by molar-refractivity contribution is 6.38. The molecule has 0 aliphatic carbocycles. The van der Waals surface area contributed by atoms with Crippen molar-refractivity contribution in [3.05, 3.63) is 0 Å². The third-order valence-electron chi connectivity index (χ3n) is 0.447. The van der Waals surface area contributed by atoms with Crippen molar-refractivity contribution in [2.24, 2.45) is 0 Å². The standard InChI is InChI=1S/C2H12B2N2/c1-5-4-6(2)3/h5H,4H2,1-3H3/q-2. The van der Waals surface area contributed by atoms with Crippen LogP contribution in [-0.2, 0) is 0 Å². The molecule has 0 saturated carbocycles. The Morgan fingerprint density at radius 2 is 2.33 bits per heavy atom. The third kappa shape index (κ3) is 4.05. The van der Waals surface area contributed by atoms with Crippen LogP contribution in [-0.4, -0.2) is 34.3 Å². The molecule has 4 heteroatoms. The second kappa shape index (κ2) is 3.25. The van der Waals surface area contributed by atoms with Crippen molar-refractivity contribution in [1.29, 1.82) is 0 Å². The number of nitrogens with one attached hydrogen (secondary N) is 1. The van der Waals surface area contributed by atoms with E-state index in [4.69, 9.17) is 0 Å². The first-order valence-corrected chi connectivity index (χ1v) is 1.89. The van der Waals surface area contributed by atoms with E-state index >= 15 is 0 Å². The quantitative estimate of drug-likeness (QED) is 0.371. The minimum absolute atomic E-state index is 0.153. The second-order valence-corrected chi connectivity index (χ2v) is 1.17. The van der Waals surface area contributed by atoms with E-state index in [0.29, 0.717) is 7.98 Å². The van der Waals surface area contributed by atoms with Crippen LogP contribution in [0.15, 0.2) is 0 Å². The lowest BCUT2D eigenvalue weighted by atomic mass is 10.1. The highest BCUT2D eigenvalue weighted by atomic mass is 15.0. The van der Waals surface area contributed by atoms with E-state index in [1.807, 2.05) is 7.05 Å². The first kappa shape index (κ1) is 6.05. The number of nitrogens with zero attached hydrogens (tertiary/aromatic N) is 1. The van der Waals surface area contributed by atoms with Crippen molar-refractivity contribution in [2.45, 2.75) is 0 Å². The van der Waals surface area contributed by atoms with Crippen LogP contribution in [0.25, 0.3) is 0 Å². The van der Waals surface area contributed by atoms with E-state index in [2.05, 4.69) is 17.0 Å². The van der Waals surface area contributed by atoms with Gasteiger partial charge in [0.2, 0.25) is 0 Å². The van der Waals surface area contributed by atoms with Crippen molar-refractivity contribution in [2.75, 3.05) is 14.1 Å². The van der Waals surface area contributed by atoms with Gasteiger partial charge in [-0.05, 0) is 7.98 Å². The molecule has 0 spiro atoms. The van der Waals surface area contributed by atoms with E-state index in [9.17, 15) is 0 Å². The van der Waals surface area contributed by atoms with E-state index in [0.717, 1.165) is 0 Å². The summed E-state index contributed by atoms with van der Waals surface area (Å²) in [6, 6.07) is 0. The van der Waals surface area contributed by atoms with E-state index < -0.39 is 0 Å². The Balaban J connectivity index is 2.63. The molecule has 2 nitrogen and oxygen atoms in total. The summed E-state index contributed by atoms with van der Waals surface area (Å²) in [6.45, 7) is 0. The highest BCUT2D eigenvalue weighted by Gasteiger charge is 1.63. The van der Waals surface area contributed by atoms with Crippen molar-refractivity contribution >= 4 is 15.5 Å². The van der Waals surface area contributed by atoms with Gasteiger partial charge in [-0.1, -0.05) is 14.1 Å². The average molecular weight is 85.8 g/mol. The average Bonchev–Trinajstić information content (AvgIpc) is 1.35. The van der Waals surface area contributed by atoms with Gasteiger partial charge in [0.05, 0.1) is 7.55 Å². The highest BCUT2D eigenvalue weighted by Crippen LogP contribution is 1.54. The van der Waals surface area contributed by atoms with Crippen LogP contribution >= 0.6 is 0 Å². The molecule has 0 aromatic carbocycles. The van der Waals surface area contributed by atoms with Gasteiger partial charge >= 0.3 is 0 Å². The van der Waals surface area contributed by atoms with Gasteiger partial charge in [0, 0.05) is 0 Å². The van der Waals surface area contributed by atoms with E-state index in [-0.39, 0.29) is 7.55 Å². The van der Waals surface area contributed by atoms with Crippen LogP contribution in [0.2, 0.25) is 0 Å². The maximum Gasteiger partial charge on any atom is 0.0580 e. The lowest BCUT2D eigenvalue weighted by Gasteiger charge is -2.23. The van der Waals surface area contributed by atoms with Crippen molar-refractivity contribution in [3.63, 3.8) is 0 Å². The van der Waals surface area contributed by atoms with E-state index in [1.165, 1.54) is 0 Å². The first-order chi connectivity index (χ1) is 2.77. The summed E-state index contributed by atoms with van der Waals surface area (Å²) in [4.78, 5) is 0. The molecule has 0 aromatic rings. The molecule has 0 heterocycles. The van der Waals surface area contributed by atoms with Gasteiger partial charge in [0.15, 0.2) is 0 Å². The van der Waals surface area contributed by atoms with Gasteiger partial charge in [-0.3, -0.25) is 0 Å². The van der Waals surface area contributed by atoms with Gasteiger partial charge in [0.1, 0.15) is 0 Å². The van der Waals surface area contributed by atoms with Gasteiger partial charge in [-0.2, -0.15) is 0 Å². The molecule has 0 aliphatic rings. The molecule has 6 heavy (non-hydrogen) atoms. The lowest BCUT2D eigenvalue weighted by Crippen LogP contribution is -2.30.